The van der Waals surface area contributed by atoms with E-state index in [1.165, 1.54) is 4.68 Å². The number of aryl methyl sites for hydroxylation is 1. The minimum atomic E-state index is -1.47. The Balaban J connectivity index is 2.43. The predicted octanol–water partition coefficient (Wildman–Crippen LogP) is -0.172. The zero-order valence-electron chi connectivity index (χ0n) is 7.58. The minimum Gasteiger partial charge on any atom is -0.422 e. The summed E-state index contributed by atoms with van der Waals surface area (Å²) in [4.78, 5) is 0. The molecule has 0 saturated heterocycles. The Morgan fingerprint density at radius 3 is 2.79 bits per heavy atom. The normalized spacial score (nSPS) is 10.5. The first-order chi connectivity index (χ1) is 6.68. The Hall–Kier alpha value is -1.11. The topological polar surface area (TPSA) is 58.3 Å². The average Bonchev–Trinajstić information content (AvgIpc) is 2.70. The van der Waals surface area contributed by atoms with Crippen LogP contribution in [0.3, 0.4) is 0 Å². The highest BCUT2D eigenvalue weighted by Gasteiger charge is 2.18. The molecule has 0 amide bonds. The largest absolute Gasteiger partial charge is 0.507 e. The van der Waals surface area contributed by atoms with Crippen molar-refractivity contribution in [3.8, 4) is 11.3 Å². The zero-order valence-corrected chi connectivity index (χ0v) is 8.40. The number of aromatic nitrogens is 2. The van der Waals surface area contributed by atoms with E-state index in [2.05, 4.69) is 5.10 Å². The molecule has 14 heavy (non-hydrogen) atoms. The third-order valence-electron chi connectivity index (χ3n) is 2.00. The summed E-state index contributed by atoms with van der Waals surface area (Å²) in [6, 6.07) is 3.62. The van der Waals surface area contributed by atoms with Crippen molar-refractivity contribution >= 4 is 24.0 Å². The quantitative estimate of drug-likeness (QED) is 0.673. The maximum absolute atomic E-state index is 9.01. The van der Waals surface area contributed by atoms with Crippen molar-refractivity contribution in [3.05, 3.63) is 22.9 Å². The van der Waals surface area contributed by atoms with Crippen LogP contribution in [0.4, 0.5) is 0 Å². The lowest BCUT2D eigenvalue weighted by Gasteiger charge is -1.96. The zero-order chi connectivity index (χ0) is 10.1. The third kappa shape index (κ3) is 1.59. The van der Waals surface area contributed by atoms with Crippen molar-refractivity contribution in [2.45, 2.75) is 0 Å². The number of rotatable bonds is 2. The van der Waals surface area contributed by atoms with Crippen molar-refractivity contribution in [1.29, 1.82) is 0 Å². The van der Waals surface area contributed by atoms with Crippen LogP contribution in [0.2, 0.25) is 0 Å². The Morgan fingerprint density at radius 2 is 2.29 bits per heavy atom. The van der Waals surface area contributed by atoms with E-state index in [9.17, 15) is 0 Å². The first-order valence-corrected chi connectivity index (χ1v) is 5.05. The lowest BCUT2D eigenvalue weighted by molar-refractivity contribution is 0.421. The number of thiophene rings is 1. The SMILES string of the molecule is Cn1nc(-c2ccsc2)cc1B(O)O. The van der Waals surface area contributed by atoms with Gasteiger partial charge in [-0.2, -0.15) is 16.4 Å². The van der Waals surface area contributed by atoms with Crippen LogP contribution in [0.1, 0.15) is 0 Å². The maximum atomic E-state index is 9.01. The molecule has 0 spiro atoms. The lowest BCUT2D eigenvalue weighted by Crippen LogP contribution is -2.35. The molecule has 2 N–H and O–H groups in total. The van der Waals surface area contributed by atoms with E-state index >= 15 is 0 Å². The molecule has 0 fully saturated rings. The van der Waals surface area contributed by atoms with E-state index in [1.807, 2.05) is 16.8 Å². The molecule has 72 valence electrons. The smallest absolute Gasteiger partial charge is 0.422 e. The third-order valence-corrected chi connectivity index (χ3v) is 2.68. The summed E-state index contributed by atoms with van der Waals surface area (Å²) in [5, 5.41) is 26.1. The molecule has 0 bridgehead atoms. The molecule has 0 aliphatic heterocycles. The highest BCUT2D eigenvalue weighted by atomic mass is 32.1. The van der Waals surface area contributed by atoms with Crippen LogP contribution < -0.4 is 5.59 Å². The van der Waals surface area contributed by atoms with Crippen LogP contribution in [-0.4, -0.2) is 26.9 Å². The van der Waals surface area contributed by atoms with Gasteiger partial charge >= 0.3 is 7.12 Å². The van der Waals surface area contributed by atoms with Gasteiger partial charge in [0.15, 0.2) is 0 Å². The van der Waals surface area contributed by atoms with Gasteiger partial charge in [-0.1, -0.05) is 0 Å². The van der Waals surface area contributed by atoms with Crippen LogP contribution in [0.25, 0.3) is 11.3 Å². The Morgan fingerprint density at radius 1 is 1.50 bits per heavy atom. The van der Waals surface area contributed by atoms with Gasteiger partial charge in [-0.15, -0.1) is 0 Å². The van der Waals surface area contributed by atoms with Crippen molar-refractivity contribution < 1.29 is 10.0 Å². The summed E-state index contributed by atoms with van der Waals surface area (Å²) >= 11 is 1.58. The molecule has 4 nitrogen and oxygen atoms in total. The van der Waals surface area contributed by atoms with Gasteiger partial charge in [0.25, 0.3) is 0 Å². The summed E-state index contributed by atoms with van der Waals surface area (Å²) in [7, 11) is 0.213. The molecule has 2 rings (SSSR count). The fourth-order valence-electron chi connectivity index (χ4n) is 1.27. The fraction of sp³-hybridized carbons (Fsp3) is 0.125. The summed E-state index contributed by atoms with van der Waals surface area (Å²) in [5.74, 6) is 0. The average molecular weight is 208 g/mol. The van der Waals surface area contributed by atoms with Crippen molar-refractivity contribution in [2.24, 2.45) is 7.05 Å². The second kappa shape index (κ2) is 3.57. The number of hydrogen-bond donors (Lipinski definition) is 2. The van der Waals surface area contributed by atoms with Crippen LogP contribution in [-0.2, 0) is 7.05 Å². The number of hydrogen-bond acceptors (Lipinski definition) is 4. The molecular weight excluding hydrogens is 199 g/mol. The molecule has 0 atom stereocenters. The van der Waals surface area contributed by atoms with Crippen LogP contribution in [0, 0.1) is 0 Å². The molecule has 0 aliphatic rings. The second-order valence-electron chi connectivity index (χ2n) is 2.96. The second-order valence-corrected chi connectivity index (χ2v) is 3.74. The van der Waals surface area contributed by atoms with Crippen LogP contribution >= 0.6 is 11.3 Å². The van der Waals surface area contributed by atoms with Gasteiger partial charge < -0.3 is 10.0 Å². The first-order valence-electron chi connectivity index (χ1n) is 4.11. The molecule has 2 heterocycles. The van der Waals surface area contributed by atoms with E-state index in [1.54, 1.807) is 24.5 Å². The molecule has 6 heteroatoms. The Labute approximate surface area is 85.6 Å². The lowest BCUT2D eigenvalue weighted by atomic mass is 9.86. The van der Waals surface area contributed by atoms with Gasteiger partial charge in [-0.05, 0) is 17.5 Å². The molecule has 0 saturated carbocycles. The van der Waals surface area contributed by atoms with Crippen molar-refractivity contribution in [3.63, 3.8) is 0 Å². The summed E-state index contributed by atoms with van der Waals surface area (Å²) in [6.45, 7) is 0. The van der Waals surface area contributed by atoms with E-state index in [4.69, 9.17) is 10.0 Å². The van der Waals surface area contributed by atoms with Gasteiger partial charge in [0.2, 0.25) is 0 Å². The van der Waals surface area contributed by atoms with E-state index in [0.29, 0.717) is 5.59 Å². The molecule has 0 aliphatic carbocycles. The molecule has 0 unspecified atom stereocenters. The monoisotopic (exact) mass is 208 g/mol. The maximum Gasteiger partial charge on any atom is 0.507 e. The first kappa shape index (κ1) is 9.45. The minimum absolute atomic E-state index is 0.395. The molecule has 0 radical (unpaired) electrons. The van der Waals surface area contributed by atoms with Crippen molar-refractivity contribution in [2.75, 3.05) is 0 Å². The van der Waals surface area contributed by atoms with Gasteiger partial charge in [-0.3, -0.25) is 4.68 Å². The number of nitrogens with zero attached hydrogens (tertiary/aromatic N) is 2. The molecule has 2 aromatic heterocycles. The van der Waals surface area contributed by atoms with E-state index < -0.39 is 7.12 Å². The molecule has 2 aromatic rings. The Bertz CT molecular complexity index is 424. The summed E-state index contributed by atoms with van der Waals surface area (Å²) in [5.41, 5.74) is 2.15. The Kier molecular flexibility index (Phi) is 2.41. The van der Waals surface area contributed by atoms with Gasteiger partial charge in [0.05, 0.1) is 11.3 Å². The van der Waals surface area contributed by atoms with E-state index in [-0.39, 0.29) is 0 Å². The van der Waals surface area contributed by atoms with Crippen molar-refractivity contribution in [1.82, 2.24) is 9.78 Å². The van der Waals surface area contributed by atoms with Gasteiger partial charge in [0, 0.05) is 18.0 Å². The van der Waals surface area contributed by atoms with E-state index in [0.717, 1.165) is 11.3 Å². The van der Waals surface area contributed by atoms with Crippen LogP contribution in [0.15, 0.2) is 22.9 Å². The standard InChI is InChI=1S/C8H9BN2O2S/c1-11-8(9(12)13)4-7(10-11)6-2-3-14-5-6/h2-5,12-13H,1H3. The highest BCUT2D eigenvalue weighted by Crippen LogP contribution is 2.18. The fourth-order valence-corrected chi connectivity index (χ4v) is 1.92. The summed E-state index contributed by atoms with van der Waals surface area (Å²) < 4.78 is 1.47. The molecule has 0 aromatic carbocycles. The predicted molar refractivity (Wildman–Crippen MR) is 56.3 cm³/mol. The van der Waals surface area contributed by atoms with Gasteiger partial charge in [-0.25, -0.2) is 0 Å². The highest BCUT2D eigenvalue weighted by molar-refractivity contribution is 7.08. The van der Waals surface area contributed by atoms with Gasteiger partial charge in [0.1, 0.15) is 0 Å². The van der Waals surface area contributed by atoms with Crippen LogP contribution in [0.5, 0.6) is 0 Å². The summed E-state index contributed by atoms with van der Waals surface area (Å²) in [6.07, 6.45) is 0. The molecular formula is C8H9BN2O2S.